The maximum Gasteiger partial charge on any atom is 0.173 e. The average molecular weight is 201 g/mol. The van der Waals surface area contributed by atoms with Crippen molar-refractivity contribution in [2.75, 3.05) is 0 Å². The molecule has 0 unspecified atom stereocenters. The minimum Gasteiger partial charge on any atom is -0.293 e. The van der Waals surface area contributed by atoms with Crippen LogP contribution in [0.3, 0.4) is 0 Å². The van der Waals surface area contributed by atoms with Crippen LogP contribution in [0.25, 0.3) is 0 Å². The van der Waals surface area contributed by atoms with Crippen molar-refractivity contribution < 1.29 is 4.79 Å². The largest absolute Gasteiger partial charge is 0.293 e. The first kappa shape index (κ1) is 9.49. The van der Waals surface area contributed by atoms with E-state index in [9.17, 15) is 4.79 Å². The average Bonchev–Trinajstić information content (AvgIpc) is 2.47. The fourth-order valence-electron chi connectivity index (χ4n) is 0.821. The number of halogens is 1. The summed E-state index contributed by atoms with van der Waals surface area (Å²) in [5.41, 5.74) is 0. The fraction of sp³-hybridized carbons (Fsp3) is 0.222. The second-order valence-corrected chi connectivity index (χ2v) is 4.07. The second kappa shape index (κ2) is 4.43. The molecule has 0 aromatic carbocycles. The lowest BCUT2D eigenvalue weighted by atomic mass is 10.2. The molecule has 0 bridgehead atoms. The Morgan fingerprint density at radius 1 is 1.67 bits per heavy atom. The molecule has 0 spiro atoms. The minimum atomic E-state index is 0.145. The molecule has 1 aromatic heterocycles. The predicted octanol–water partition coefficient (Wildman–Crippen LogP) is 3.55. The van der Waals surface area contributed by atoms with Gasteiger partial charge in [0, 0.05) is 6.42 Å². The molecule has 0 aliphatic heterocycles. The van der Waals surface area contributed by atoms with Crippen molar-refractivity contribution in [2.45, 2.75) is 12.8 Å². The number of rotatable bonds is 4. The molecule has 0 aliphatic rings. The summed E-state index contributed by atoms with van der Waals surface area (Å²) >= 11 is 7.01. The molecule has 12 heavy (non-hydrogen) atoms. The van der Waals surface area contributed by atoms with E-state index < -0.39 is 0 Å². The van der Waals surface area contributed by atoms with Crippen LogP contribution in [0.4, 0.5) is 0 Å². The number of hydrogen-bond donors (Lipinski definition) is 0. The molecule has 0 aliphatic carbocycles. The molecule has 64 valence electrons. The summed E-state index contributed by atoms with van der Waals surface area (Å²) < 4.78 is 0.664. The highest BCUT2D eigenvalue weighted by atomic mass is 35.5. The monoisotopic (exact) mass is 200 g/mol. The lowest BCUT2D eigenvalue weighted by Crippen LogP contribution is -1.93. The quantitative estimate of drug-likeness (QED) is 0.537. The Hall–Kier alpha value is -0.600. The standard InChI is InChI=1S/C9H9ClOS/c1-2-3-4-7(11)8-5-6-9(10)12-8/h2,5-6H,1,3-4H2. The first-order valence-electron chi connectivity index (χ1n) is 3.63. The van der Waals surface area contributed by atoms with Gasteiger partial charge in [-0.1, -0.05) is 17.7 Å². The Kier molecular flexibility index (Phi) is 3.50. The zero-order valence-corrected chi connectivity index (χ0v) is 8.12. The van der Waals surface area contributed by atoms with Crippen LogP contribution in [0.5, 0.6) is 0 Å². The number of allylic oxidation sites excluding steroid dienone is 1. The van der Waals surface area contributed by atoms with Crippen molar-refractivity contribution in [1.82, 2.24) is 0 Å². The smallest absolute Gasteiger partial charge is 0.173 e. The molecular formula is C9H9ClOS. The molecular weight excluding hydrogens is 192 g/mol. The Morgan fingerprint density at radius 2 is 2.42 bits per heavy atom. The van der Waals surface area contributed by atoms with Crippen molar-refractivity contribution >= 4 is 28.7 Å². The predicted molar refractivity (Wildman–Crippen MR) is 53.1 cm³/mol. The van der Waals surface area contributed by atoms with Gasteiger partial charge in [0.25, 0.3) is 0 Å². The molecule has 0 atom stereocenters. The highest BCUT2D eigenvalue weighted by Crippen LogP contribution is 2.22. The number of ketones is 1. The van der Waals surface area contributed by atoms with Gasteiger partial charge in [0.05, 0.1) is 9.21 Å². The Bertz CT molecular complexity index is 290. The van der Waals surface area contributed by atoms with E-state index in [4.69, 9.17) is 11.6 Å². The van der Waals surface area contributed by atoms with E-state index in [2.05, 4.69) is 6.58 Å². The lowest BCUT2D eigenvalue weighted by molar-refractivity contribution is 0.0987. The number of Topliss-reactive ketones (excluding diaryl/α,β-unsaturated/α-hetero) is 1. The van der Waals surface area contributed by atoms with Crippen LogP contribution in [0, 0.1) is 0 Å². The van der Waals surface area contributed by atoms with E-state index in [1.165, 1.54) is 11.3 Å². The zero-order valence-electron chi connectivity index (χ0n) is 6.55. The van der Waals surface area contributed by atoms with E-state index in [0.29, 0.717) is 10.8 Å². The van der Waals surface area contributed by atoms with Crippen LogP contribution in [-0.2, 0) is 0 Å². The summed E-state index contributed by atoms with van der Waals surface area (Å²) in [6.07, 6.45) is 3.00. The topological polar surface area (TPSA) is 17.1 Å². The summed E-state index contributed by atoms with van der Waals surface area (Å²) in [5.74, 6) is 0.145. The molecule has 0 fully saturated rings. The highest BCUT2D eigenvalue weighted by Gasteiger charge is 2.06. The van der Waals surface area contributed by atoms with Gasteiger partial charge in [0.1, 0.15) is 0 Å². The van der Waals surface area contributed by atoms with Crippen molar-refractivity contribution in [3.05, 3.63) is 34.0 Å². The third kappa shape index (κ3) is 2.47. The molecule has 1 aromatic rings. The van der Waals surface area contributed by atoms with Crippen LogP contribution in [0.15, 0.2) is 24.8 Å². The van der Waals surface area contributed by atoms with Crippen molar-refractivity contribution in [3.63, 3.8) is 0 Å². The second-order valence-electron chi connectivity index (χ2n) is 2.35. The van der Waals surface area contributed by atoms with Gasteiger partial charge >= 0.3 is 0 Å². The zero-order chi connectivity index (χ0) is 8.97. The fourth-order valence-corrected chi connectivity index (χ4v) is 1.83. The summed E-state index contributed by atoms with van der Waals surface area (Å²) in [6.45, 7) is 3.56. The van der Waals surface area contributed by atoms with E-state index in [1.807, 2.05) is 0 Å². The van der Waals surface area contributed by atoms with Crippen LogP contribution in [0.2, 0.25) is 4.34 Å². The third-order valence-electron chi connectivity index (χ3n) is 1.42. The summed E-state index contributed by atoms with van der Waals surface area (Å²) in [4.78, 5) is 12.1. The Morgan fingerprint density at radius 3 is 2.92 bits per heavy atom. The van der Waals surface area contributed by atoms with Gasteiger partial charge in [-0.25, -0.2) is 0 Å². The van der Waals surface area contributed by atoms with E-state index >= 15 is 0 Å². The van der Waals surface area contributed by atoms with Gasteiger partial charge in [-0.15, -0.1) is 17.9 Å². The number of thiophene rings is 1. The normalized spacial score (nSPS) is 9.75. The molecule has 1 heterocycles. The minimum absolute atomic E-state index is 0.145. The van der Waals surface area contributed by atoms with Gasteiger partial charge in [0.15, 0.2) is 5.78 Å². The van der Waals surface area contributed by atoms with Crippen molar-refractivity contribution in [2.24, 2.45) is 0 Å². The molecule has 1 rings (SSSR count). The molecule has 0 saturated carbocycles. The molecule has 1 nitrogen and oxygen atoms in total. The summed E-state index contributed by atoms with van der Waals surface area (Å²) in [5, 5.41) is 0. The Labute approximate surface area is 80.7 Å². The molecule has 0 saturated heterocycles. The first-order chi connectivity index (χ1) is 5.74. The summed E-state index contributed by atoms with van der Waals surface area (Å²) in [6, 6.07) is 3.51. The molecule has 3 heteroatoms. The summed E-state index contributed by atoms with van der Waals surface area (Å²) in [7, 11) is 0. The Balaban J connectivity index is 2.59. The SMILES string of the molecule is C=CCCC(=O)c1ccc(Cl)s1. The van der Waals surface area contributed by atoms with Gasteiger partial charge < -0.3 is 0 Å². The van der Waals surface area contributed by atoms with Gasteiger partial charge in [-0.3, -0.25) is 4.79 Å². The number of carbonyl (C=O) groups is 1. The van der Waals surface area contributed by atoms with Gasteiger partial charge in [-0.05, 0) is 18.6 Å². The number of hydrogen-bond acceptors (Lipinski definition) is 2. The maximum atomic E-state index is 11.3. The maximum absolute atomic E-state index is 11.3. The van der Waals surface area contributed by atoms with Crippen LogP contribution >= 0.6 is 22.9 Å². The van der Waals surface area contributed by atoms with Crippen LogP contribution in [-0.4, -0.2) is 5.78 Å². The van der Waals surface area contributed by atoms with E-state index in [1.54, 1.807) is 18.2 Å². The first-order valence-corrected chi connectivity index (χ1v) is 4.83. The van der Waals surface area contributed by atoms with Crippen LogP contribution < -0.4 is 0 Å². The van der Waals surface area contributed by atoms with Crippen molar-refractivity contribution in [1.29, 1.82) is 0 Å². The third-order valence-corrected chi connectivity index (χ3v) is 2.70. The van der Waals surface area contributed by atoms with Crippen molar-refractivity contribution in [3.8, 4) is 0 Å². The van der Waals surface area contributed by atoms with E-state index in [0.717, 1.165) is 11.3 Å². The van der Waals surface area contributed by atoms with Gasteiger partial charge in [-0.2, -0.15) is 0 Å². The van der Waals surface area contributed by atoms with Gasteiger partial charge in [0.2, 0.25) is 0 Å². The lowest BCUT2D eigenvalue weighted by Gasteiger charge is -1.91. The molecule has 0 radical (unpaired) electrons. The van der Waals surface area contributed by atoms with Crippen LogP contribution in [0.1, 0.15) is 22.5 Å². The highest BCUT2D eigenvalue weighted by molar-refractivity contribution is 7.18. The molecule has 0 N–H and O–H groups in total. The molecule has 0 amide bonds. The van der Waals surface area contributed by atoms with E-state index in [-0.39, 0.29) is 5.78 Å². The number of carbonyl (C=O) groups excluding carboxylic acids is 1.